The SMILES string of the molecule is CC1(CN)CN2CCC1CC2. The number of piperidine rings is 3. The Morgan fingerprint density at radius 2 is 2.09 bits per heavy atom. The van der Waals surface area contributed by atoms with Crippen LogP contribution in [0.1, 0.15) is 19.8 Å². The van der Waals surface area contributed by atoms with Crippen LogP contribution >= 0.6 is 0 Å². The van der Waals surface area contributed by atoms with E-state index < -0.39 is 0 Å². The summed E-state index contributed by atoms with van der Waals surface area (Å²) in [4.78, 5) is 2.56. The molecule has 0 aliphatic carbocycles. The van der Waals surface area contributed by atoms with Crippen molar-refractivity contribution in [2.75, 3.05) is 26.2 Å². The lowest BCUT2D eigenvalue weighted by Gasteiger charge is -2.51. The summed E-state index contributed by atoms with van der Waals surface area (Å²) in [7, 11) is 0. The van der Waals surface area contributed by atoms with Gasteiger partial charge in [0.05, 0.1) is 0 Å². The van der Waals surface area contributed by atoms with Gasteiger partial charge in [-0.3, -0.25) is 0 Å². The summed E-state index contributed by atoms with van der Waals surface area (Å²) >= 11 is 0. The van der Waals surface area contributed by atoms with Gasteiger partial charge in [-0.15, -0.1) is 0 Å². The minimum absolute atomic E-state index is 0.441. The van der Waals surface area contributed by atoms with Crippen LogP contribution in [0.15, 0.2) is 0 Å². The maximum absolute atomic E-state index is 5.80. The van der Waals surface area contributed by atoms with E-state index in [9.17, 15) is 0 Å². The van der Waals surface area contributed by atoms with Crippen molar-refractivity contribution in [3.63, 3.8) is 0 Å². The van der Waals surface area contributed by atoms with Crippen LogP contribution in [0.25, 0.3) is 0 Å². The van der Waals surface area contributed by atoms with E-state index >= 15 is 0 Å². The lowest BCUT2D eigenvalue weighted by Crippen LogP contribution is -2.56. The van der Waals surface area contributed by atoms with Crippen LogP contribution in [0.5, 0.6) is 0 Å². The molecule has 3 heterocycles. The number of nitrogens with zero attached hydrogens (tertiary/aromatic N) is 1. The molecule has 1 unspecified atom stereocenters. The summed E-state index contributed by atoms with van der Waals surface area (Å²) in [6.07, 6.45) is 2.77. The van der Waals surface area contributed by atoms with Crippen molar-refractivity contribution in [1.82, 2.24) is 4.90 Å². The first-order valence-electron chi connectivity index (χ1n) is 4.67. The topological polar surface area (TPSA) is 29.3 Å². The Kier molecular flexibility index (Phi) is 1.69. The minimum atomic E-state index is 0.441. The van der Waals surface area contributed by atoms with Crippen LogP contribution in [-0.2, 0) is 0 Å². The van der Waals surface area contributed by atoms with Gasteiger partial charge in [-0.1, -0.05) is 6.92 Å². The number of hydrogen-bond acceptors (Lipinski definition) is 2. The lowest BCUT2D eigenvalue weighted by molar-refractivity contribution is -0.0107. The molecule has 11 heavy (non-hydrogen) atoms. The Morgan fingerprint density at radius 3 is 2.36 bits per heavy atom. The van der Waals surface area contributed by atoms with E-state index in [1.165, 1.54) is 32.5 Å². The Balaban J connectivity index is 2.13. The molecule has 0 amide bonds. The largest absolute Gasteiger partial charge is 0.330 e. The van der Waals surface area contributed by atoms with E-state index in [0.29, 0.717) is 5.41 Å². The second-order valence-corrected chi connectivity index (χ2v) is 4.41. The first-order valence-corrected chi connectivity index (χ1v) is 4.67. The average Bonchev–Trinajstić information content (AvgIpc) is 2.06. The zero-order valence-corrected chi connectivity index (χ0v) is 7.34. The van der Waals surface area contributed by atoms with Gasteiger partial charge in [-0.05, 0) is 43.8 Å². The predicted molar refractivity (Wildman–Crippen MR) is 46.3 cm³/mol. The molecule has 0 aromatic carbocycles. The molecule has 2 heteroatoms. The van der Waals surface area contributed by atoms with Crippen LogP contribution in [0.2, 0.25) is 0 Å². The fourth-order valence-corrected chi connectivity index (χ4v) is 2.66. The smallest absolute Gasteiger partial charge is 0.00501 e. The highest BCUT2D eigenvalue weighted by Crippen LogP contribution is 2.40. The fourth-order valence-electron chi connectivity index (χ4n) is 2.66. The number of rotatable bonds is 1. The Bertz CT molecular complexity index is 150. The van der Waals surface area contributed by atoms with E-state index in [1.807, 2.05) is 0 Å². The van der Waals surface area contributed by atoms with E-state index in [4.69, 9.17) is 5.73 Å². The molecule has 1 atom stereocenters. The molecular weight excluding hydrogens is 136 g/mol. The highest BCUT2D eigenvalue weighted by molar-refractivity contribution is 4.95. The molecule has 0 spiro atoms. The molecule has 3 aliphatic rings. The summed E-state index contributed by atoms with van der Waals surface area (Å²) in [6, 6.07) is 0. The van der Waals surface area contributed by atoms with Crippen molar-refractivity contribution in [2.45, 2.75) is 19.8 Å². The first kappa shape index (κ1) is 7.56. The third-order valence-electron chi connectivity index (χ3n) is 3.62. The van der Waals surface area contributed by atoms with Crippen LogP contribution in [0.3, 0.4) is 0 Å². The zero-order chi connectivity index (χ0) is 7.90. The summed E-state index contributed by atoms with van der Waals surface area (Å²) < 4.78 is 0. The van der Waals surface area contributed by atoms with Crippen LogP contribution in [0, 0.1) is 11.3 Å². The highest BCUT2D eigenvalue weighted by Gasteiger charge is 2.41. The number of nitrogens with two attached hydrogens (primary N) is 1. The van der Waals surface area contributed by atoms with E-state index in [-0.39, 0.29) is 0 Å². The Hall–Kier alpha value is -0.0800. The van der Waals surface area contributed by atoms with Crippen LogP contribution in [0.4, 0.5) is 0 Å². The molecule has 3 aliphatic heterocycles. The lowest BCUT2D eigenvalue weighted by atomic mass is 9.68. The molecule has 2 bridgehead atoms. The highest BCUT2D eigenvalue weighted by atomic mass is 15.2. The molecule has 0 radical (unpaired) electrons. The molecule has 0 aromatic heterocycles. The molecule has 3 rings (SSSR count). The van der Waals surface area contributed by atoms with Crippen molar-refractivity contribution >= 4 is 0 Å². The quantitative estimate of drug-likeness (QED) is 0.601. The van der Waals surface area contributed by atoms with Gasteiger partial charge in [0.2, 0.25) is 0 Å². The molecule has 2 N–H and O–H groups in total. The van der Waals surface area contributed by atoms with Gasteiger partial charge < -0.3 is 10.6 Å². The van der Waals surface area contributed by atoms with E-state index in [1.54, 1.807) is 0 Å². The van der Waals surface area contributed by atoms with Crippen LogP contribution < -0.4 is 5.73 Å². The fraction of sp³-hybridized carbons (Fsp3) is 1.00. The van der Waals surface area contributed by atoms with Crippen molar-refractivity contribution in [3.05, 3.63) is 0 Å². The maximum atomic E-state index is 5.80. The number of hydrogen-bond donors (Lipinski definition) is 1. The second kappa shape index (κ2) is 2.46. The standard InChI is InChI=1S/C9H18N2/c1-9(6-10)7-11-4-2-8(9)3-5-11/h8H,2-7,10H2,1H3. The van der Waals surface area contributed by atoms with Gasteiger partial charge >= 0.3 is 0 Å². The molecule has 2 nitrogen and oxygen atoms in total. The summed E-state index contributed by atoms with van der Waals surface area (Å²) in [5.74, 6) is 0.914. The molecule has 0 saturated carbocycles. The van der Waals surface area contributed by atoms with Gasteiger partial charge in [0.25, 0.3) is 0 Å². The van der Waals surface area contributed by atoms with Crippen molar-refractivity contribution < 1.29 is 0 Å². The third kappa shape index (κ3) is 1.09. The molecular formula is C9H18N2. The van der Waals surface area contributed by atoms with Gasteiger partial charge in [0, 0.05) is 6.54 Å². The summed E-state index contributed by atoms with van der Waals surface area (Å²) in [5, 5.41) is 0. The van der Waals surface area contributed by atoms with Gasteiger partial charge in [0.1, 0.15) is 0 Å². The van der Waals surface area contributed by atoms with Crippen molar-refractivity contribution in [2.24, 2.45) is 17.1 Å². The van der Waals surface area contributed by atoms with Crippen LogP contribution in [-0.4, -0.2) is 31.1 Å². The first-order chi connectivity index (χ1) is 5.24. The van der Waals surface area contributed by atoms with E-state index in [2.05, 4.69) is 11.8 Å². The number of fused-ring (bicyclic) bond motifs is 3. The molecule has 0 aromatic rings. The Morgan fingerprint density at radius 1 is 1.45 bits per heavy atom. The van der Waals surface area contributed by atoms with E-state index in [0.717, 1.165) is 12.5 Å². The summed E-state index contributed by atoms with van der Waals surface area (Å²) in [6.45, 7) is 7.10. The third-order valence-corrected chi connectivity index (χ3v) is 3.62. The molecule has 3 fully saturated rings. The van der Waals surface area contributed by atoms with Crippen molar-refractivity contribution in [1.29, 1.82) is 0 Å². The zero-order valence-electron chi connectivity index (χ0n) is 7.34. The monoisotopic (exact) mass is 154 g/mol. The van der Waals surface area contributed by atoms with Gasteiger partial charge in [-0.25, -0.2) is 0 Å². The van der Waals surface area contributed by atoms with Crippen molar-refractivity contribution in [3.8, 4) is 0 Å². The van der Waals surface area contributed by atoms with Gasteiger partial charge in [0.15, 0.2) is 0 Å². The molecule has 3 saturated heterocycles. The maximum Gasteiger partial charge on any atom is 0.00501 e. The Labute approximate surface area is 68.7 Å². The average molecular weight is 154 g/mol. The summed E-state index contributed by atoms with van der Waals surface area (Å²) in [5.41, 5.74) is 6.24. The molecule has 64 valence electrons. The normalized spacial score (nSPS) is 49.6. The predicted octanol–water partition coefficient (Wildman–Crippen LogP) is 0.677. The van der Waals surface area contributed by atoms with Gasteiger partial charge in [-0.2, -0.15) is 0 Å². The minimum Gasteiger partial charge on any atom is -0.330 e. The second-order valence-electron chi connectivity index (χ2n) is 4.41.